The summed E-state index contributed by atoms with van der Waals surface area (Å²) < 4.78 is 35.9. The van der Waals surface area contributed by atoms with Crippen molar-refractivity contribution in [3.05, 3.63) is 0 Å². The van der Waals surface area contributed by atoms with Crippen molar-refractivity contribution in [1.82, 2.24) is 0 Å². The first-order chi connectivity index (χ1) is 7.88. The number of rotatable bonds is 9. The van der Waals surface area contributed by atoms with Gasteiger partial charge in [-0.15, -0.1) is 0 Å². The monoisotopic (exact) mass is 256 g/mol. The molecule has 0 heterocycles. The maximum absolute atomic E-state index is 12.0. The first kappa shape index (κ1) is 16.7. The summed E-state index contributed by atoms with van der Waals surface area (Å²) in [6.07, 6.45) is -2.19. The van der Waals surface area contributed by atoms with Crippen molar-refractivity contribution < 1.29 is 23.4 Å². The van der Waals surface area contributed by atoms with E-state index in [4.69, 9.17) is 5.11 Å². The Balaban J connectivity index is 3.50. The van der Waals surface area contributed by atoms with Crippen LogP contribution < -0.4 is 0 Å². The summed E-state index contributed by atoms with van der Waals surface area (Å²) >= 11 is 0. The molecule has 0 aliphatic heterocycles. The summed E-state index contributed by atoms with van der Waals surface area (Å²) in [5.41, 5.74) is 0. The van der Waals surface area contributed by atoms with E-state index in [2.05, 4.69) is 6.92 Å². The first-order valence-electron chi connectivity index (χ1n) is 6.30. The minimum absolute atomic E-state index is 0.333. The van der Waals surface area contributed by atoms with Crippen LogP contribution in [0.3, 0.4) is 0 Å². The number of alkyl halides is 3. The van der Waals surface area contributed by atoms with Crippen molar-refractivity contribution in [3.63, 3.8) is 0 Å². The molecule has 0 saturated carbocycles. The van der Waals surface area contributed by atoms with Gasteiger partial charge in [0.05, 0.1) is 6.10 Å². The Kier molecular flexibility index (Phi) is 8.60. The van der Waals surface area contributed by atoms with Gasteiger partial charge in [-0.25, -0.2) is 0 Å². The quantitative estimate of drug-likeness (QED) is 0.621. The molecule has 17 heavy (non-hydrogen) atoms. The molecule has 104 valence electrons. The van der Waals surface area contributed by atoms with E-state index in [0.717, 1.165) is 32.1 Å². The standard InChI is InChI=1S/C12H23F3O2/c1-2-3-4-5-6-7-8-10(16)9-11(17)12(13,14)15/h10-11,16-17H,2-9H2,1H3. The van der Waals surface area contributed by atoms with Crippen LogP contribution >= 0.6 is 0 Å². The van der Waals surface area contributed by atoms with Crippen LogP contribution in [0.2, 0.25) is 0 Å². The van der Waals surface area contributed by atoms with E-state index < -0.39 is 24.8 Å². The van der Waals surface area contributed by atoms with E-state index in [9.17, 15) is 18.3 Å². The Morgan fingerprint density at radius 2 is 1.47 bits per heavy atom. The van der Waals surface area contributed by atoms with Crippen LogP contribution in [0.1, 0.15) is 58.3 Å². The molecule has 0 saturated heterocycles. The lowest BCUT2D eigenvalue weighted by atomic mass is 10.0. The SMILES string of the molecule is CCCCCCCCC(O)CC(O)C(F)(F)F. The molecule has 2 unspecified atom stereocenters. The molecule has 2 nitrogen and oxygen atoms in total. The van der Waals surface area contributed by atoms with E-state index >= 15 is 0 Å². The molecule has 2 N–H and O–H groups in total. The summed E-state index contributed by atoms with van der Waals surface area (Å²) in [5.74, 6) is 0. The Labute approximate surface area is 101 Å². The third-order valence-corrected chi connectivity index (χ3v) is 2.76. The van der Waals surface area contributed by atoms with Crippen LogP contribution in [0.5, 0.6) is 0 Å². The lowest BCUT2D eigenvalue weighted by molar-refractivity contribution is -0.211. The van der Waals surface area contributed by atoms with E-state index in [-0.39, 0.29) is 0 Å². The largest absolute Gasteiger partial charge is 0.414 e. The molecule has 0 fully saturated rings. The Hall–Kier alpha value is -0.290. The number of unbranched alkanes of at least 4 members (excludes halogenated alkanes) is 5. The smallest absolute Gasteiger partial charge is 0.393 e. The fourth-order valence-electron chi connectivity index (χ4n) is 1.67. The highest BCUT2D eigenvalue weighted by molar-refractivity contribution is 4.70. The molecule has 5 heteroatoms. The zero-order chi connectivity index (χ0) is 13.3. The van der Waals surface area contributed by atoms with Crippen LogP contribution in [0, 0.1) is 0 Å². The van der Waals surface area contributed by atoms with Crippen molar-refractivity contribution in [3.8, 4) is 0 Å². The molecule has 0 amide bonds. The number of aliphatic hydroxyl groups is 2. The van der Waals surface area contributed by atoms with Gasteiger partial charge in [0.1, 0.15) is 0 Å². The molecule has 0 bridgehead atoms. The predicted octanol–water partition coefficient (Wildman–Crippen LogP) is 3.41. The van der Waals surface area contributed by atoms with Crippen molar-refractivity contribution in [2.24, 2.45) is 0 Å². The minimum Gasteiger partial charge on any atom is -0.393 e. The van der Waals surface area contributed by atoms with E-state index in [1.54, 1.807) is 0 Å². The zero-order valence-electron chi connectivity index (χ0n) is 10.3. The second-order valence-corrected chi connectivity index (χ2v) is 4.50. The summed E-state index contributed by atoms with van der Waals surface area (Å²) in [6.45, 7) is 2.11. The van der Waals surface area contributed by atoms with Gasteiger partial charge in [-0.05, 0) is 6.42 Å². The number of hydrogen-bond donors (Lipinski definition) is 2. The highest BCUT2D eigenvalue weighted by Gasteiger charge is 2.38. The van der Waals surface area contributed by atoms with Crippen molar-refractivity contribution in [2.45, 2.75) is 76.7 Å². The molecule has 0 spiro atoms. The van der Waals surface area contributed by atoms with Crippen LogP contribution in [0.25, 0.3) is 0 Å². The predicted molar refractivity (Wildman–Crippen MR) is 60.7 cm³/mol. The lowest BCUT2D eigenvalue weighted by Crippen LogP contribution is -2.32. The number of halogens is 3. The maximum atomic E-state index is 12.0. The van der Waals surface area contributed by atoms with Gasteiger partial charge in [-0.3, -0.25) is 0 Å². The second-order valence-electron chi connectivity index (χ2n) is 4.50. The van der Waals surface area contributed by atoms with E-state index in [1.807, 2.05) is 0 Å². The van der Waals surface area contributed by atoms with Gasteiger partial charge in [0.2, 0.25) is 0 Å². The minimum atomic E-state index is -4.62. The van der Waals surface area contributed by atoms with Gasteiger partial charge in [0, 0.05) is 6.42 Å². The topological polar surface area (TPSA) is 40.5 Å². The number of aliphatic hydroxyl groups excluding tert-OH is 2. The van der Waals surface area contributed by atoms with Crippen molar-refractivity contribution in [2.75, 3.05) is 0 Å². The Morgan fingerprint density at radius 1 is 0.941 bits per heavy atom. The Morgan fingerprint density at radius 3 is 2.00 bits per heavy atom. The molecule has 0 aliphatic carbocycles. The summed E-state index contributed by atoms with van der Waals surface area (Å²) in [6, 6.07) is 0. The Bertz CT molecular complexity index is 183. The molecule has 0 aromatic carbocycles. The molecule has 0 radical (unpaired) electrons. The third kappa shape index (κ3) is 9.41. The highest BCUT2D eigenvalue weighted by atomic mass is 19.4. The van der Waals surface area contributed by atoms with Crippen molar-refractivity contribution >= 4 is 0 Å². The molecule has 0 aromatic heterocycles. The maximum Gasteiger partial charge on any atom is 0.414 e. The van der Waals surface area contributed by atoms with Gasteiger partial charge < -0.3 is 10.2 Å². The third-order valence-electron chi connectivity index (χ3n) is 2.76. The van der Waals surface area contributed by atoms with Crippen LogP contribution in [-0.2, 0) is 0 Å². The molecular weight excluding hydrogens is 233 g/mol. The molecule has 0 aromatic rings. The van der Waals surface area contributed by atoms with Gasteiger partial charge in [0.25, 0.3) is 0 Å². The number of hydrogen-bond acceptors (Lipinski definition) is 2. The van der Waals surface area contributed by atoms with Crippen LogP contribution in [0.15, 0.2) is 0 Å². The fraction of sp³-hybridized carbons (Fsp3) is 1.00. The van der Waals surface area contributed by atoms with Gasteiger partial charge in [-0.1, -0.05) is 45.4 Å². The molecule has 2 atom stereocenters. The van der Waals surface area contributed by atoms with Crippen LogP contribution in [-0.4, -0.2) is 28.6 Å². The first-order valence-corrected chi connectivity index (χ1v) is 6.30. The molecular formula is C12H23F3O2. The van der Waals surface area contributed by atoms with E-state index in [1.165, 1.54) is 6.42 Å². The second kappa shape index (κ2) is 8.75. The highest BCUT2D eigenvalue weighted by Crippen LogP contribution is 2.24. The summed E-state index contributed by atoms with van der Waals surface area (Å²) in [4.78, 5) is 0. The molecule has 0 aliphatic rings. The average molecular weight is 256 g/mol. The zero-order valence-corrected chi connectivity index (χ0v) is 10.3. The summed E-state index contributed by atoms with van der Waals surface area (Å²) in [5, 5.41) is 18.1. The fourth-order valence-corrected chi connectivity index (χ4v) is 1.67. The normalized spacial score (nSPS) is 15.9. The van der Waals surface area contributed by atoms with Gasteiger partial charge in [-0.2, -0.15) is 13.2 Å². The van der Waals surface area contributed by atoms with E-state index in [0.29, 0.717) is 6.42 Å². The molecule has 0 rings (SSSR count). The average Bonchev–Trinajstić information content (AvgIpc) is 2.21. The van der Waals surface area contributed by atoms with Gasteiger partial charge >= 0.3 is 6.18 Å². The van der Waals surface area contributed by atoms with Crippen molar-refractivity contribution in [1.29, 1.82) is 0 Å². The lowest BCUT2D eigenvalue weighted by Gasteiger charge is -2.18. The van der Waals surface area contributed by atoms with Crippen LogP contribution in [0.4, 0.5) is 13.2 Å². The van der Waals surface area contributed by atoms with Gasteiger partial charge in [0.15, 0.2) is 6.10 Å². The summed E-state index contributed by atoms with van der Waals surface area (Å²) in [7, 11) is 0.